The standard InChI is InChI=1S/C28H51N4OP.2ClH/c1-8-11-18-34(19-12-9-2,20-13-10-3)22-25-14-16-26(17-15-25)32-27(33)21-29-28(30-23(4)5)31-24(6)7;;/h14-17,23-24H,8-13,18-22H2,1-7H3,(H2-,29,30,31,32,33);2*1H/p+1. The second-order valence-electron chi connectivity index (χ2n) is 10.2. The minimum atomic E-state index is -0.975. The van der Waals surface area contributed by atoms with Crippen LogP contribution < -0.4 is 16.0 Å². The van der Waals surface area contributed by atoms with Crippen LogP contribution in [0.3, 0.4) is 0 Å². The van der Waals surface area contributed by atoms with Crippen LogP contribution in [0.1, 0.15) is 92.6 Å². The summed E-state index contributed by atoms with van der Waals surface area (Å²) in [6.07, 6.45) is 13.5. The number of nitrogens with zero attached hydrogens (tertiary/aromatic N) is 1. The summed E-state index contributed by atoms with van der Waals surface area (Å²) in [6, 6.07) is 9.08. The maximum atomic E-state index is 12.5. The molecule has 0 bridgehead atoms. The van der Waals surface area contributed by atoms with Gasteiger partial charge in [0, 0.05) is 25.0 Å². The quantitative estimate of drug-likeness (QED) is 0.109. The van der Waals surface area contributed by atoms with E-state index < -0.39 is 7.26 Å². The van der Waals surface area contributed by atoms with Crippen molar-refractivity contribution in [3.63, 3.8) is 0 Å². The molecule has 0 aliphatic heterocycles. The topological polar surface area (TPSA) is 65.5 Å². The highest BCUT2D eigenvalue weighted by Crippen LogP contribution is 2.63. The van der Waals surface area contributed by atoms with Gasteiger partial charge in [-0.2, -0.15) is 0 Å². The van der Waals surface area contributed by atoms with Gasteiger partial charge < -0.3 is 16.0 Å². The van der Waals surface area contributed by atoms with E-state index in [0.29, 0.717) is 5.96 Å². The van der Waals surface area contributed by atoms with Crippen molar-refractivity contribution in [1.29, 1.82) is 0 Å². The fraction of sp³-hybridized carbons (Fsp3) is 0.714. The first-order chi connectivity index (χ1) is 16.2. The van der Waals surface area contributed by atoms with Gasteiger partial charge >= 0.3 is 0 Å². The number of carbonyl (C=O) groups excluding carboxylic acids is 1. The summed E-state index contributed by atoms with van der Waals surface area (Å²) in [6.45, 7) is 15.3. The van der Waals surface area contributed by atoms with Crippen LogP contribution in [0.5, 0.6) is 0 Å². The zero-order valence-electron chi connectivity index (χ0n) is 23.9. The highest BCUT2D eigenvalue weighted by Gasteiger charge is 2.35. The van der Waals surface area contributed by atoms with E-state index in [1.807, 2.05) is 0 Å². The van der Waals surface area contributed by atoms with Crippen LogP contribution in [0.2, 0.25) is 0 Å². The monoisotopic (exact) mass is 563 g/mol. The van der Waals surface area contributed by atoms with Crippen molar-refractivity contribution < 1.29 is 4.79 Å². The highest BCUT2D eigenvalue weighted by molar-refractivity contribution is 7.75. The molecule has 8 heteroatoms. The molecule has 0 heterocycles. The van der Waals surface area contributed by atoms with Crippen molar-refractivity contribution in [1.82, 2.24) is 10.6 Å². The van der Waals surface area contributed by atoms with E-state index in [0.717, 1.165) is 5.69 Å². The van der Waals surface area contributed by atoms with E-state index in [2.05, 4.69) is 93.7 Å². The fourth-order valence-corrected chi connectivity index (χ4v) is 9.26. The molecular weight excluding hydrogens is 510 g/mol. The number of nitrogens with one attached hydrogen (secondary N) is 3. The van der Waals surface area contributed by atoms with Gasteiger partial charge in [-0.3, -0.25) is 4.79 Å². The molecular formula is C28H54Cl2N4OP+. The van der Waals surface area contributed by atoms with Crippen LogP contribution in [0.15, 0.2) is 29.3 Å². The molecule has 3 N–H and O–H groups in total. The van der Waals surface area contributed by atoms with Crippen molar-refractivity contribution in [2.24, 2.45) is 4.99 Å². The molecule has 1 aromatic carbocycles. The van der Waals surface area contributed by atoms with Gasteiger partial charge in [-0.1, -0.05) is 52.2 Å². The van der Waals surface area contributed by atoms with Crippen molar-refractivity contribution in [2.75, 3.05) is 30.3 Å². The van der Waals surface area contributed by atoms with Gasteiger partial charge in [0.05, 0.1) is 24.6 Å². The Morgan fingerprint density at radius 3 is 1.64 bits per heavy atom. The number of halogens is 2. The summed E-state index contributed by atoms with van der Waals surface area (Å²) in [5.74, 6) is 0.569. The summed E-state index contributed by atoms with van der Waals surface area (Å²) in [4.78, 5) is 16.9. The van der Waals surface area contributed by atoms with Crippen molar-refractivity contribution in [2.45, 2.75) is 105 Å². The van der Waals surface area contributed by atoms with E-state index in [9.17, 15) is 4.79 Å². The molecule has 0 atom stereocenters. The maximum absolute atomic E-state index is 12.5. The zero-order chi connectivity index (χ0) is 25.4. The molecule has 0 aliphatic rings. The Labute approximate surface area is 235 Å². The van der Waals surface area contributed by atoms with E-state index in [-0.39, 0.29) is 49.3 Å². The van der Waals surface area contributed by atoms with Crippen molar-refractivity contribution >= 4 is 49.6 Å². The van der Waals surface area contributed by atoms with Gasteiger partial charge in [-0.15, -0.1) is 24.8 Å². The average molecular weight is 565 g/mol. The van der Waals surface area contributed by atoms with E-state index in [1.165, 1.54) is 68.7 Å². The van der Waals surface area contributed by atoms with Crippen LogP contribution in [0, 0.1) is 0 Å². The SMILES string of the molecule is CCCC[P+](CCCC)(CCCC)Cc1ccc(NC(=O)CN=C(NC(C)C)NC(C)C)cc1.Cl.Cl. The number of hydrogen-bond donors (Lipinski definition) is 3. The summed E-state index contributed by atoms with van der Waals surface area (Å²) < 4.78 is 0. The number of amides is 1. The van der Waals surface area contributed by atoms with Crippen LogP contribution in [-0.4, -0.2) is 49.0 Å². The van der Waals surface area contributed by atoms with Crippen LogP contribution in [-0.2, 0) is 11.0 Å². The molecule has 210 valence electrons. The van der Waals surface area contributed by atoms with Gasteiger partial charge in [-0.05, 0) is 64.7 Å². The number of rotatable bonds is 16. The van der Waals surface area contributed by atoms with Crippen LogP contribution in [0.25, 0.3) is 0 Å². The van der Waals surface area contributed by atoms with E-state index in [1.54, 1.807) is 0 Å². The Morgan fingerprint density at radius 2 is 1.25 bits per heavy atom. The van der Waals surface area contributed by atoms with E-state index in [4.69, 9.17) is 0 Å². The molecule has 5 nitrogen and oxygen atoms in total. The Hall–Kier alpha value is -1.03. The minimum absolute atomic E-state index is 0. The summed E-state index contributed by atoms with van der Waals surface area (Å²) in [5.41, 5.74) is 2.27. The average Bonchev–Trinajstić information content (AvgIpc) is 2.79. The van der Waals surface area contributed by atoms with Crippen LogP contribution >= 0.6 is 32.1 Å². The molecule has 0 fully saturated rings. The van der Waals surface area contributed by atoms with Crippen molar-refractivity contribution in [3.05, 3.63) is 29.8 Å². The molecule has 0 aromatic heterocycles. The molecule has 0 unspecified atom stereocenters. The molecule has 0 spiro atoms. The third-order valence-corrected chi connectivity index (χ3v) is 10.8. The Morgan fingerprint density at radius 1 is 0.806 bits per heavy atom. The number of aliphatic imine (C=N–C) groups is 1. The molecule has 36 heavy (non-hydrogen) atoms. The molecule has 0 saturated heterocycles. The fourth-order valence-electron chi connectivity index (χ4n) is 4.17. The molecule has 0 aliphatic carbocycles. The lowest BCUT2D eigenvalue weighted by molar-refractivity contribution is -0.114. The number of carbonyl (C=O) groups is 1. The predicted octanol–water partition coefficient (Wildman–Crippen LogP) is 7.74. The number of benzene rings is 1. The Kier molecular flexibility index (Phi) is 21.6. The van der Waals surface area contributed by atoms with E-state index >= 15 is 0 Å². The molecule has 0 saturated carbocycles. The number of hydrogen-bond acceptors (Lipinski definition) is 2. The third kappa shape index (κ3) is 15.9. The second kappa shape index (κ2) is 21.0. The lowest BCUT2D eigenvalue weighted by atomic mass is 10.2. The minimum Gasteiger partial charge on any atom is -0.354 e. The lowest BCUT2D eigenvalue weighted by Crippen LogP contribution is -2.44. The summed E-state index contributed by atoms with van der Waals surface area (Å²) in [7, 11) is -0.975. The maximum Gasteiger partial charge on any atom is 0.246 e. The molecule has 1 aromatic rings. The zero-order valence-corrected chi connectivity index (χ0v) is 26.4. The predicted molar refractivity (Wildman–Crippen MR) is 168 cm³/mol. The third-order valence-electron chi connectivity index (χ3n) is 5.95. The first kappa shape index (κ1) is 37.1. The Bertz CT molecular complexity index is 693. The van der Waals surface area contributed by atoms with Gasteiger partial charge in [0.1, 0.15) is 6.54 Å². The van der Waals surface area contributed by atoms with Gasteiger partial charge in [0.15, 0.2) is 5.96 Å². The van der Waals surface area contributed by atoms with Gasteiger partial charge in [0.2, 0.25) is 5.91 Å². The first-order valence-corrected chi connectivity index (χ1v) is 16.1. The molecule has 1 amide bonds. The Balaban J connectivity index is 0. The molecule has 1 rings (SSSR count). The summed E-state index contributed by atoms with van der Waals surface area (Å²) >= 11 is 0. The smallest absolute Gasteiger partial charge is 0.246 e. The second-order valence-corrected chi connectivity index (χ2v) is 14.6. The number of anilines is 1. The van der Waals surface area contributed by atoms with Crippen molar-refractivity contribution in [3.8, 4) is 0 Å². The largest absolute Gasteiger partial charge is 0.354 e. The van der Waals surface area contributed by atoms with Gasteiger partial charge in [0.25, 0.3) is 0 Å². The normalized spacial score (nSPS) is 10.9. The number of unbranched alkanes of at least 4 members (excludes halogenated alkanes) is 3. The first-order valence-electron chi connectivity index (χ1n) is 13.5. The highest BCUT2D eigenvalue weighted by atomic mass is 35.5. The van der Waals surface area contributed by atoms with Gasteiger partial charge in [-0.25, -0.2) is 4.99 Å². The molecule has 0 radical (unpaired) electrons. The lowest BCUT2D eigenvalue weighted by Gasteiger charge is -2.28. The number of guanidine groups is 1. The summed E-state index contributed by atoms with van der Waals surface area (Å²) in [5, 5.41) is 9.53. The van der Waals surface area contributed by atoms with Crippen LogP contribution in [0.4, 0.5) is 5.69 Å².